The Labute approximate surface area is 118 Å². The van der Waals surface area contributed by atoms with Crippen LogP contribution in [0.15, 0.2) is 18.3 Å². The average Bonchev–Trinajstić information content (AvgIpc) is 2.47. The van der Waals surface area contributed by atoms with Gasteiger partial charge >= 0.3 is 5.97 Å². The highest BCUT2D eigenvalue weighted by Gasteiger charge is 2.30. The van der Waals surface area contributed by atoms with Crippen molar-refractivity contribution in [3.63, 3.8) is 0 Å². The first-order valence-electron chi connectivity index (χ1n) is 6.78. The van der Waals surface area contributed by atoms with Crippen molar-refractivity contribution in [1.82, 2.24) is 4.98 Å². The van der Waals surface area contributed by atoms with Crippen LogP contribution in [0.1, 0.15) is 31.9 Å². The SMILES string of the molecule is COc1ccnc(COC(=O)[C@H]2CCC(=O)[C@@H](C)C2)c1. The number of carbonyl (C=O) groups is 2. The van der Waals surface area contributed by atoms with Crippen molar-refractivity contribution >= 4 is 11.8 Å². The van der Waals surface area contributed by atoms with Crippen LogP contribution in [0.2, 0.25) is 0 Å². The van der Waals surface area contributed by atoms with Crippen LogP contribution in [0.4, 0.5) is 0 Å². The molecule has 5 heteroatoms. The Bertz CT molecular complexity index is 500. The summed E-state index contributed by atoms with van der Waals surface area (Å²) in [6, 6.07) is 3.47. The second kappa shape index (κ2) is 6.50. The molecule has 2 rings (SSSR count). The number of Topliss-reactive ketones (excluding diaryl/α,β-unsaturated/α-hetero) is 1. The van der Waals surface area contributed by atoms with Crippen molar-refractivity contribution in [1.29, 1.82) is 0 Å². The predicted molar refractivity (Wildman–Crippen MR) is 72.1 cm³/mol. The summed E-state index contributed by atoms with van der Waals surface area (Å²) in [4.78, 5) is 27.5. The number of ketones is 1. The highest BCUT2D eigenvalue weighted by atomic mass is 16.5. The largest absolute Gasteiger partial charge is 0.497 e. The van der Waals surface area contributed by atoms with Crippen molar-refractivity contribution in [3.05, 3.63) is 24.0 Å². The van der Waals surface area contributed by atoms with Crippen LogP contribution >= 0.6 is 0 Å². The van der Waals surface area contributed by atoms with Gasteiger partial charge in [-0.3, -0.25) is 14.6 Å². The van der Waals surface area contributed by atoms with Crippen molar-refractivity contribution in [3.8, 4) is 5.75 Å². The van der Waals surface area contributed by atoms with Gasteiger partial charge in [-0.05, 0) is 18.9 Å². The molecule has 1 aromatic rings. The Balaban J connectivity index is 1.87. The molecule has 1 aromatic heterocycles. The maximum absolute atomic E-state index is 12.0. The molecule has 108 valence electrons. The van der Waals surface area contributed by atoms with E-state index in [0.29, 0.717) is 30.7 Å². The Kier molecular flexibility index (Phi) is 4.71. The van der Waals surface area contributed by atoms with E-state index in [9.17, 15) is 9.59 Å². The lowest BCUT2D eigenvalue weighted by atomic mass is 9.81. The zero-order chi connectivity index (χ0) is 14.5. The average molecular weight is 277 g/mol. The van der Waals surface area contributed by atoms with E-state index in [1.807, 2.05) is 6.92 Å². The van der Waals surface area contributed by atoms with Crippen LogP contribution in [0.5, 0.6) is 5.75 Å². The monoisotopic (exact) mass is 277 g/mol. The van der Waals surface area contributed by atoms with E-state index < -0.39 is 0 Å². The molecule has 1 saturated carbocycles. The van der Waals surface area contributed by atoms with Crippen LogP contribution in [-0.2, 0) is 20.9 Å². The van der Waals surface area contributed by atoms with Gasteiger partial charge in [0.05, 0.1) is 18.7 Å². The first-order valence-corrected chi connectivity index (χ1v) is 6.78. The second-order valence-electron chi connectivity index (χ2n) is 5.13. The van der Waals surface area contributed by atoms with Gasteiger partial charge in [-0.15, -0.1) is 0 Å². The number of aromatic nitrogens is 1. The lowest BCUT2D eigenvalue weighted by Gasteiger charge is -2.24. The molecule has 0 N–H and O–H groups in total. The summed E-state index contributed by atoms with van der Waals surface area (Å²) in [6.07, 6.45) is 3.26. The number of ether oxygens (including phenoxy) is 2. The van der Waals surface area contributed by atoms with E-state index in [1.54, 1.807) is 25.4 Å². The van der Waals surface area contributed by atoms with Crippen LogP contribution < -0.4 is 4.74 Å². The Morgan fingerprint density at radius 3 is 3.00 bits per heavy atom. The minimum Gasteiger partial charge on any atom is -0.497 e. The van der Waals surface area contributed by atoms with Gasteiger partial charge in [0.25, 0.3) is 0 Å². The zero-order valence-corrected chi connectivity index (χ0v) is 11.8. The van der Waals surface area contributed by atoms with E-state index >= 15 is 0 Å². The van der Waals surface area contributed by atoms with Gasteiger partial charge in [0.15, 0.2) is 0 Å². The van der Waals surface area contributed by atoms with E-state index in [2.05, 4.69) is 4.98 Å². The Morgan fingerprint density at radius 1 is 1.50 bits per heavy atom. The number of nitrogens with zero attached hydrogens (tertiary/aromatic N) is 1. The number of methoxy groups -OCH3 is 1. The summed E-state index contributed by atoms with van der Waals surface area (Å²) in [7, 11) is 1.57. The number of rotatable bonds is 4. The van der Waals surface area contributed by atoms with E-state index in [4.69, 9.17) is 9.47 Å². The van der Waals surface area contributed by atoms with Crippen molar-refractivity contribution in [2.75, 3.05) is 7.11 Å². The van der Waals surface area contributed by atoms with E-state index in [-0.39, 0.29) is 30.2 Å². The molecule has 0 amide bonds. The maximum atomic E-state index is 12.0. The molecule has 1 fully saturated rings. The fourth-order valence-electron chi connectivity index (χ4n) is 2.38. The predicted octanol–water partition coefficient (Wildman–Crippen LogP) is 2.14. The van der Waals surface area contributed by atoms with Crippen molar-refractivity contribution < 1.29 is 19.1 Å². The van der Waals surface area contributed by atoms with Gasteiger partial charge in [-0.25, -0.2) is 0 Å². The molecule has 1 heterocycles. The quantitative estimate of drug-likeness (QED) is 0.789. The normalized spacial score (nSPS) is 22.4. The van der Waals surface area contributed by atoms with Gasteiger partial charge in [0.1, 0.15) is 18.1 Å². The lowest BCUT2D eigenvalue weighted by molar-refractivity contribution is -0.152. The van der Waals surface area contributed by atoms with Gasteiger partial charge in [0.2, 0.25) is 0 Å². The minimum absolute atomic E-state index is 0.0451. The number of hydrogen-bond acceptors (Lipinski definition) is 5. The fraction of sp³-hybridized carbons (Fsp3) is 0.533. The van der Waals surface area contributed by atoms with Crippen LogP contribution in [0.3, 0.4) is 0 Å². The standard InChI is InChI=1S/C15H19NO4/c1-10-7-11(3-4-14(10)17)15(18)20-9-12-8-13(19-2)5-6-16-12/h5-6,8,10-11H,3-4,7,9H2,1-2H3/t10-,11-/m0/s1. The summed E-state index contributed by atoms with van der Waals surface area (Å²) >= 11 is 0. The molecule has 20 heavy (non-hydrogen) atoms. The van der Waals surface area contributed by atoms with Crippen molar-refractivity contribution in [2.45, 2.75) is 32.8 Å². The number of pyridine rings is 1. The summed E-state index contributed by atoms with van der Waals surface area (Å²) in [5, 5.41) is 0. The molecule has 0 unspecified atom stereocenters. The molecule has 0 radical (unpaired) electrons. The third-order valence-corrected chi connectivity index (χ3v) is 3.65. The molecule has 1 aliphatic rings. The third kappa shape index (κ3) is 3.56. The van der Waals surface area contributed by atoms with E-state index in [0.717, 1.165) is 0 Å². The van der Waals surface area contributed by atoms with Gasteiger partial charge in [0, 0.05) is 24.6 Å². The summed E-state index contributed by atoms with van der Waals surface area (Å²) < 4.78 is 10.4. The van der Waals surface area contributed by atoms with Crippen LogP contribution in [0.25, 0.3) is 0 Å². The highest BCUT2D eigenvalue weighted by molar-refractivity contribution is 5.84. The molecule has 0 saturated heterocycles. The molecule has 2 atom stereocenters. The number of carbonyl (C=O) groups excluding carboxylic acids is 2. The van der Waals surface area contributed by atoms with E-state index in [1.165, 1.54) is 0 Å². The number of hydrogen-bond donors (Lipinski definition) is 0. The first-order chi connectivity index (χ1) is 9.60. The molecule has 0 aliphatic heterocycles. The molecular weight excluding hydrogens is 258 g/mol. The Morgan fingerprint density at radius 2 is 2.30 bits per heavy atom. The topological polar surface area (TPSA) is 65.5 Å². The molecule has 5 nitrogen and oxygen atoms in total. The van der Waals surface area contributed by atoms with Gasteiger partial charge < -0.3 is 9.47 Å². The maximum Gasteiger partial charge on any atom is 0.309 e. The molecule has 1 aliphatic carbocycles. The summed E-state index contributed by atoms with van der Waals surface area (Å²) in [6.45, 7) is 2.00. The molecular formula is C15H19NO4. The van der Waals surface area contributed by atoms with Gasteiger partial charge in [-0.2, -0.15) is 0 Å². The summed E-state index contributed by atoms with van der Waals surface area (Å²) in [5.74, 6) is 0.463. The minimum atomic E-state index is -0.242. The molecule has 0 spiro atoms. The smallest absolute Gasteiger partial charge is 0.309 e. The third-order valence-electron chi connectivity index (χ3n) is 3.65. The molecule has 0 bridgehead atoms. The zero-order valence-electron chi connectivity index (χ0n) is 11.8. The molecule has 0 aromatic carbocycles. The van der Waals surface area contributed by atoms with Crippen LogP contribution in [-0.4, -0.2) is 23.8 Å². The fourth-order valence-corrected chi connectivity index (χ4v) is 2.38. The Hall–Kier alpha value is -1.91. The second-order valence-corrected chi connectivity index (χ2v) is 5.13. The summed E-state index contributed by atoms with van der Waals surface area (Å²) in [5.41, 5.74) is 0.651. The first kappa shape index (κ1) is 14.5. The van der Waals surface area contributed by atoms with Crippen molar-refractivity contribution in [2.24, 2.45) is 11.8 Å². The lowest BCUT2D eigenvalue weighted by Crippen LogP contribution is -2.28. The number of esters is 1. The van der Waals surface area contributed by atoms with Crippen LogP contribution in [0, 0.1) is 11.8 Å². The highest BCUT2D eigenvalue weighted by Crippen LogP contribution is 2.27. The van der Waals surface area contributed by atoms with Gasteiger partial charge in [-0.1, -0.05) is 6.92 Å².